The van der Waals surface area contributed by atoms with Gasteiger partial charge in [-0.15, -0.1) is 6.42 Å². The number of carbonyl (C=O) groups is 1. The highest BCUT2D eigenvalue weighted by atomic mass is 16.4. The van der Waals surface area contributed by atoms with Gasteiger partial charge in [-0.25, -0.2) is 0 Å². The van der Waals surface area contributed by atoms with E-state index in [0.29, 0.717) is 0 Å². The van der Waals surface area contributed by atoms with Gasteiger partial charge in [-0.05, 0) is 6.92 Å². The molecule has 0 aliphatic heterocycles. The summed E-state index contributed by atoms with van der Waals surface area (Å²) in [5.74, 6) is 0.873. The Morgan fingerprint density at radius 2 is 2.36 bits per heavy atom. The average Bonchev–Trinajstić information content (AvgIpc) is 1.87. The lowest BCUT2D eigenvalue weighted by Gasteiger charge is -2.17. The predicted octanol–water partition coefficient (Wildman–Crippen LogP) is -0.827. The first-order valence-electron chi connectivity index (χ1n) is 3.07. The Kier molecular flexibility index (Phi) is 3.05. The first-order valence-corrected chi connectivity index (χ1v) is 3.07. The number of rotatable bonds is 3. The Morgan fingerprint density at radius 1 is 1.91 bits per heavy atom. The quantitative estimate of drug-likeness (QED) is 0.467. The second-order valence-corrected chi connectivity index (χ2v) is 2.57. The van der Waals surface area contributed by atoms with Crippen molar-refractivity contribution in [1.29, 1.82) is 0 Å². The molecule has 0 aromatic rings. The Bertz CT molecular complexity index is 192. The smallest absolute Gasteiger partial charge is 0.320 e. The van der Waals surface area contributed by atoms with E-state index in [4.69, 9.17) is 22.4 Å². The lowest BCUT2D eigenvalue weighted by atomic mass is 9.99. The number of hydrogen-bond acceptors (Lipinski definition) is 3. The number of nitrogens with two attached hydrogens (primary N) is 1. The van der Waals surface area contributed by atoms with Crippen LogP contribution in [0.1, 0.15) is 13.3 Å². The van der Waals surface area contributed by atoms with Crippen LogP contribution in [0.4, 0.5) is 0 Å². The molecule has 0 aliphatic carbocycles. The largest absolute Gasteiger partial charge is 0.480 e. The van der Waals surface area contributed by atoms with Crippen molar-refractivity contribution in [1.82, 2.24) is 0 Å². The molecule has 4 N–H and O–H groups in total. The summed E-state index contributed by atoms with van der Waals surface area (Å²) in [4.78, 5) is 10.2. The third-order valence-electron chi connectivity index (χ3n) is 1.25. The number of carboxylic acids is 1. The summed E-state index contributed by atoms with van der Waals surface area (Å²) < 4.78 is 0. The van der Waals surface area contributed by atoms with E-state index in [1.807, 2.05) is 5.92 Å². The number of terminal acetylenes is 1. The maximum absolute atomic E-state index is 10.2. The van der Waals surface area contributed by atoms with Gasteiger partial charge in [0.25, 0.3) is 0 Å². The van der Waals surface area contributed by atoms with Crippen molar-refractivity contribution in [3.05, 3.63) is 0 Å². The molecule has 0 aromatic heterocycles. The van der Waals surface area contributed by atoms with Gasteiger partial charge in [0.15, 0.2) is 0 Å². The Labute approximate surface area is 65.0 Å². The predicted molar refractivity (Wildman–Crippen MR) is 39.7 cm³/mol. The van der Waals surface area contributed by atoms with Crippen molar-refractivity contribution in [3.8, 4) is 12.3 Å². The number of hydrogen-bond donors (Lipinski definition) is 3. The first kappa shape index (κ1) is 9.95. The van der Waals surface area contributed by atoms with Gasteiger partial charge in [-0.2, -0.15) is 0 Å². The summed E-state index contributed by atoms with van der Waals surface area (Å²) in [6.07, 6.45) is 4.77. The van der Waals surface area contributed by atoms with E-state index in [9.17, 15) is 4.79 Å². The van der Waals surface area contributed by atoms with Crippen molar-refractivity contribution in [2.24, 2.45) is 5.73 Å². The second kappa shape index (κ2) is 3.37. The molecule has 0 saturated carbocycles. The van der Waals surface area contributed by atoms with E-state index in [2.05, 4.69) is 0 Å². The summed E-state index contributed by atoms with van der Waals surface area (Å²) in [5, 5.41) is 17.5. The number of aliphatic hydroxyl groups is 1. The zero-order chi connectivity index (χ0) is 9.07. The summed E-state index contributed by atoms with van der Waals surface area (Å²) in [5.41, 5.74) is 3.69. The average molecular weight is 157 g/mol. The van der Waals surface area contributed by atoms with E-state index < -0.39 is 17.6 Å². The lowest BCUT2D eigenvalue weighted by molar-refractivity contribution is -0.139. The van der Waals surface area contributed by atoms with E-state index in [-0.39, 0.29) is 6.42 Å². The number of carboxylic acid groups (broad SMARTS) is 1. The summed E-state index contributed by atoms with van der Waals surface area (Å²) in [7, 11) is 0. The molecule has 4 nitrogen and oxygen atoms in total. The van der Waals surface area contributed by atoms with E-state index in [1.165, 1.54) is 6.92 Å². The Morgan fingerprint density at radius 3 is 2.64 bits per heavy atom. The third kappa shape index (κ3) is 3.61. The molecule has 0 fully saturated rings. The van der Waals surface area contributed by atoms with Crippen LogP contribution in [0.15, 0.2) is 0 Å². The molecule has 0 rings (SSSR count). The fourth-order valence-corrected chi connectivity index (χ4v) is 0.574. The molecular formula is C7H11NO3. The molecule has 4 heteroatoms. The molecule has 11 heavy (non-hydrogen) atoms. The molecule has 2 atom stereocenters. The van der Waals surface area contributed by atoms with Crippen molar-refractivity contribution < 1.29 is 15.0 Å². The van der Waals surface area contributed by atoms with Gasteiger partial charge >= 0.3 is 5.97 Å². The minimum atomic E-state index is -1.43. The summed E-state index contributed by atoms with van der Waals surface area (Å²) in [6, 6.07) is -1.11. The van der Waals surface area contributed by atoms with E-state index >= 15 is 0 Å². The fourth-order valence-electron chi connectivity index (χ4n) is 0.574. The molecular weight excluding hydrogens is 146 g/mol. The molecule has 0 radical (unpaired) electrons. The zero-order valence-electron chi connectivity index (χ0n) is 6.24. The van der Waals surface area contributed by atoms with Crippen LogP contribution in [0.2, 0.25) is 0 Å². The fraction of sp³-hybridized carbons (Fsp3) is 0.571. The molecule has 0 spiro atoms. The van der Waals surface area contributed by atoms with Gasteiger partial charge in [-0.1, -0.05) is 5.92 Å². The van der Waals surface area contributed by atoms with Crippen molar-refractivity contribution in [3.63, 3.8) is 0 Å². The van der Waals surface area contributed by atoms with Gasteiger partial charge in [0, 0.05) is 6.42 Å². The van der Waals surface area contributed by atoms with Gasteiger partial charge < -0.3 is 15.9 Å². The highest BCUT2D eigenvalue weighted by Gasteiger charge is 2.24. The third-order valence-corrected chi connectivity index (χ3v) is 1.25. The normalized spacial score (nSPS) is 18.0. The minimum absolute atomic E-state index is 0.140. The monoisotopic (exact) mass is 157 g/mol. The standard InChI is InChI=1S/C7H11NO3/c1-3-7(2,11)4-5(8)6(9)10/h1,5,11H,4,8H2,2H3,(H,9,10). The molecule has 0 saturated heterocycles. The molecule has 62 valence electrons. The van der Waals surface area contributed by atoms with Crippen molar-refractivity contribution >= 4 is 5.97 Å². The van der Waals surface area contributed by atoms with E-state index in [1.54, 1.807) is 0 Å². The topological polar surface area (TPSA) is 83.5 Å². The van der Waals surface area contributed by atoms with Crippen LogP contribution < -0.4 is 5.73 Å². The van der Waals surface area contributed by atoms with Crippen LogP contribution in [0, 0.1) is 12.3 Å². The molecule has 0 bridgehead atoms. The van der Waals surface area contributed by atoms with Crippen molar-refractivity contribution in [2.45, 2.75) is 25.0 Å². The maximum Gasteiger partial charge on any atom is 0.320 e. The molecule has 0 aliphatic rings. The highest BCUT2D eigenvalue weighted by molar-refractivity contribution is 5.73. The Balaban J connectivity index is 4.07. The summed E-state index contributed by atoms with van der Waals surface area (Å²) >= 11 is 0. The number of aliphatic carboxylic acids is 1. The molecule has 0 amide bonds. The summed E-state index contributed by atoms with van der Waals surface area (Å²) in [6.45, 7) is 1.34. The van der Waals surface area contributed by atoms with Crippen LogP contribution in [0.25, 0.3) is 0 Å². The van der Waals surface area contributed by atoms with Gasteiger partial charge in [0.2, 0.25) is 0 Å². The first-order chi connectivity index (χ1) is 4.89. The Hall–Kier alpha value is -1.05. The minimum Gasteiger partial charge on any atom is -0.480 e. The van der Waals surface area contributed by atoms with Crippen LogP contribution in [0.5, 0.6) is 0 Å². The maximum atomic E-state index is 10.2. The second-order valence-electron chi connectivity index (χ2n) is 2.57. The zero-order valence-corrected chi connectivity index (χ0v) is 6.24. The van der Waals surface area contributed by atoms with Crippen LogP contribution in [-0.2, 0) is 4.79 Å². The van der Waals surface area contributed by atoms with Crippen molar-refractivity contribution in [2.75, 3.05) is 0 Å². The highest BCUT2D eigenvalue weighted by Crippen LogP contribution is 2.09. The van der Waals surface area contributed by atoms with Crippen LogP contribution >= 0.6 is 0 Å². The molecule has 2 unspecified atom stereocenters. The van der Waals surface area contributed by atoms with Gasteiger partial charge in [0.05, 0.1) is 0 Å². The lowest BCUT2D eigenvalue weighted by Crippen LogP contribution is -2.38. The SMILES string of the molecule is C#CC(C)(O)CC(N)C(=O)O. The molecule has 0 heterocycles. The molecule has 0 aromatic carbocycles. The van der Waals surface area contributed by atoms with Gasteiger partial charge in [-0.3, -0.25) is 4.79 Å². The van der Waals surface area contributed by atoms with Crippen LogP contribution in [-0.4, -0.2) is 27.8 Å². The van der Waals surface area contributed by atoms with Crippen LogP contribution in [0.3, 0.4) is 0 Å². The van der Waals surface area contributed by atoms with Gasteiger partial charge in [0.1, 0.15) is 11.6 Å². The van der Waals surface area contributed by atoms with E-state index in [0.717, 1.165) is 0 Å².